The maximum Gasteiger partial charge on any atom is 2.00 e. The van der Waals surface area contributed by atoms with Gasteiger partial charge in [-0.15, -0.1) is 0 Å². The summed E-state index contributed by atoms with van der Waals surface area (Å²) < 4.78 is 8.88. The Hall–Kier alpha value is 3.85. The fraction of sp³-hybridized carbons (Fsp3) is 0. The molecule has 0 aromatic carbocycles. The van der Waals surface area contributed by atoms with Crippen molar-refractivity contribution in [1.29, 1.82) is 0 Å². The van der Waals surface area contributed by atoms with E-state index >= 15 is 0 Å². The molecule has 0 amide bonds. The Morgan fingerprint density at radius 3 is 1.00 bits per heavy atom. The predicted octanol–water partition coefficient (Wildman–Crippen LogP) is -1.23. The molecule has 0 unspecified atom stereocenters. The van der Waals surface area contributed by atoms with Crippen molar-refractivity contribution in [2.75, 3.05) is 0 Å². The average Bonchev–Trinajstić information content (AvgIpc) is 0.722. The summed E-state index contributed by atoms with van der Waals surface area (Å²) in [5.41, 5.74) is 0. The van der Waals surface area contributed by atoms with E-state index < -0.39 is 7.82 Å². The van der Waals surface area contributed by atoms with Crippen LogP contribution in [0, 0.1) is 0 Å². The minimum absolute atomic E-state index is 0. The summed E-state index contributed by atoms with van der Waals surface area (Å²) in [6, 6.07) is 0. The van der Waals surface area contributed by atoms with Crippen molar-refractivity contribution in [3.05, 3.63) is 0 Å². The van der Waals surface area contributed by atoms with Crippen LogP contribution in [0.15, 0.2) is 0 Å². The van der Waals surface area contributed by atoms with E-state index in [1.807, 2.05) is 0 Å². The van der Waals surface area contributed by atoms with Gasteiger partial charge in [0.1, 0.15) is 0 Å². The zero-order chi connectivity index (χ0) is 4.50. The van der Waals surface area contributed by atoms with E-state index in [0.29, 0.717) is 0 Å². The summed E-state index contributed by atoms with van der Waals surface area (Å²) in [5.74, 6) is 0. The predicted molar refractivity (Wildman–Crippen MR) is 43.2 cm³/mol. The van der Waals surface area contributed by atoms with Gasteiger partial charge in [0.2, 0.25) is 0 Å². The van der Waals surface area contributed by atoms with E-state index in [-0.39, 0.29) is 128 Å². The van der Waals surface area contributed by atoms with Gasteiger partial charge in [0.25, 0.3) is 0 Å². The third-order valence-electron chi connectivity index (χ3n) is 0. The van der Waals surface area contributed by atoms with Crippen LogP contribution in [0.5, 0.6) is 0 Å². The zero-order valence-electron chi connectivity index (χ0n) is 11.0. The third-order valence-corrected chi connectivity index (χ3v) is 0. The molecule has 0 atom stereocenters. The molecule has 0 aliphatic heterocycles. The number of hydrogen-bond donors (Lipinski definition) is 4. The van der Waals surface area contributed by atoms with Gasteiger partial charge in [0, 0.05) is 0 Å². The molecule has 9 heavy (non-hydrogen) atoms. The quantitative estimate of drug-likeness (QED) is 0.313. The van der Waals surface area contributed by atoms with Crippen molar-refractivity contribution < 1.29 is 27.8 Å². The van der Waals surface area contributed by atoms with E-state index in [1.54, 1.807) is 0 Å². The molecule has 52 valence electrons. The van der Waals surface area contributed by atoms with Gasteiger partial charge in [-0.3, -0.25) is 0 Å². The number of hydrogen-bond acceptors (Lipinski definition) is 2. The van der Waals surface area contributed by atoms with Crippen LogP contribution in [0.1, 0.15) is 8.56 Å². The molecule has 0 spiro atoms. The second kappa shape index (κ2) is 14.4. The van der Waals surface area contributed by atoms with Gasteiger partial charge < -0.3 is 29.4 Å². The van der Waals surface area contributed by atoms with Crippen molar-refractivity contribution in [2.24, 2.45) is 0 Å². The molecule has 9 heteroatoms. The van der Waals surface area contributed by atoms with Crippen molar-refractivity contribution in [2.45, 2.75) is 0 Å². The molecule has 6 N–H and O–H groups in total. The van der Waals surface area contributed by atoms with E-state index in [9.17, 15) is 0 Å². The summed E-state index contributed by atoms with van der Waals surface area (Å²) in [6.45, 7) is 0. The number of rotatable bonds is 0. The maximum absolute atomic E-state index is 8.88. The summed E-state index contributed by atoms with van der Waals surface area (Å²) in [5, 5.41) is 0. The molecular formula is H12Ca3NO4P. The smallest absolute Gasteiger partial charge is 1.00 e. The SMILES string of the molecule is N.O=P(O)(O)O.[Ca+2].[Ca+2].[Ca+2].[H-].[H-].[H-].[H-].[H-].[H-]. The first-order valence-corrected chi connectivity index (χ1v) is 2.35. The summed E-state index contributed by atoms with van der Waals surface area (Å²) in [6.07, 6.45) is 0. The molecule has 0 rings (SSSR count). The molecule has 0 bridgehead atoms. The van der Waals surface area contributed by atoms with E-state index in [0.717, 1.165) is 0 Å². The van der Waals surface area contributed by atoms with Gasteiger partial charge >= 0.3 is 121 Å². The van der Waals surface area contributed by atoms with Crippen LogP contribution in [-0.4, -0.2) is 128 Å². The van der Waals surface area contributed by atoms with Crippen LogP contribution in [0.25, 0.3) is 0 Å². The molecule has 0 aromatic heterocycles. The van der Waals surface area contributed by atoms with Crippen LogP contribution < -0.4 is 6.15 Å². The summed E-state index contributed by atoms with van der Waals surface area (Å²) in [7, 11) is -4.64. The standard InChI is InChI=1S/3Ca.H3N.H3O4P.6H/c;;;;1-5(2,3)4;;;;;;/h;;;1H3;(H3,1,2,3,4);;;;;;/q3*+2;;;6*-1. The van der Waals surface area contributed by atoms with Crippen molar-refractivity contribution in [3.63, 3.8) is 0 Å². The van der Waals surface area contributed by atoms with Gasteiger partial charge in [0.15, 0.2) is 0 Å². The van der Waals surface area contributed by atoms with Crippen LogP contribution in [-0.2, 0) is 4.57 Å². The molecule has 0 aliphatic rings. The zero-order valence-corrected chi connectivity index (χ0v) is 12.5. The van der Waals surface area contributed by atoms with Crippen molar-refractivity contribution in [1.82, 2.24) is 6.15 Å². The molecule has 0 radical (unpaired) electrons. The Labute approximate surface area is 152 Å². The van der Waals surface area contributed by atoms with Crippen molar-refractivity contribution >= 4 is 121 Å². The van der Waals surface area contributed by atoms with Gasteiger partial charge in [-0.2, -0.15) is 0 Å². The fourth-order valence-corrected chi connectivity index (χ4v) is 0. The second-order valence-electron chi connectivity index (χ2n) is 0.513. The topological polar surface area (TPSA) is 113 Å². The molecular weight excluding hydrogens is 229 g/mol. The normalized spacial score (nSPS) is 6.56. The van der Waals surface area contributed by atoms with Crippen LogP contribution >= 0.6 is 7.82 Å². The minimum Gasteiger partial charge on any atom is -1.00 e. The molecule has 0 aliphatic carbocycles. The van der Waals surface area contributed by atoms with E-state index in [4.69, 9.17) is 19.2 Å². The Morgan fingerprint density at radius 1 is 1.00 bits per heavy atom. The molecule has 0 aromatic rings. The van der Waals surface area contributed by atoms with Crippen LogP contribution in [0.4, 0.5) is 0 Å². The van der Waals surface area contributed by atoms with Gasteiger partial charge in [-0.25, -0.2) is 4.57 Å². The van der Waals surface area contributed by atoms with E-state index in [1.165, 1.54) is 0 Å². The Kier molecular flexibility index (Phi) is 46.8. The van der Waals surface area contributed by atoms with Gasteiger partial charge in [-0.1, -0.05) is 0 Å². The van der Waals surface area contributed by atoms with E-state index in [2.05, 4.69) is 0 Å². The summed E-state index contributed by atoms with van der Waals surface area (Å²) in [4.78, 5) is 21.6. The van der Waals surface area contributed by atoms with Crippen LogP contribution in [0.2, 0.25) is 0 Å². The molecule has 0 fully saturated rings. The number of phosphoric acid groups is 1. The molecule has 5 nitrogen and oxygen atoms in total. The third kappa shape index (κ3) is 77.6. The Balaban J connectivity index is -0.00000000178. The molecule has 0 saturated carbocycles. The molecule has 0 heterocycles. The summed E-state index contributed by atoms with van der Waals surface area (Å²) >= 11 is 0. The average molecular weight is 241 g/mol. The van der Waals surface area contributed by atoms with Crippen molar-refractivity contribution in [3.8, 4) is 0 Å². The first-order valence-electron chi connectivity index (χ1n) is 0.783. The fourth-order valence-electron chi connectivity index (χ4n) is 0. The Morgan fingerprint density at radius 2 is 1.00 bits per heavy atom. The maximum atomic E-state index is 8.88. The Bertz CT molecular complexity index is 76.5. The second-order valence-corrected chi connectivity index (χ2v) is 1.54. The van der Waals surface area contributed by atoms with Gasteiger partial charge in [0.05, 0.1) is 0 Å². The van der Waals surface area contributed by atoms with Gasteiger partial charge in [-0.05, 0) is 0 Å². The minimum atomic E-state index is -4.64. The first-order chi connectivity index (χ1) is 2.00. The largest absolute Gasteiger partial charge is 2.00 e. The van der Waals surface area contributed by atoms with Crippen LogP contribution in [0.3, 0.4) is 0 Å². The molecule has 0 saturated heterocycles. The first kappa shape index (κ1) is 29.3. The monoisotopic (exact) mass is 241 g/mol.